The first kappa shape index (κ1) is 17.3. The summed E-state index contributed by atoms with van der Waals surface area (Å²) in [5.74, 6) is -0.649. The van der Waals surface area contributed by atoms with E-state index in [9.17, 15) is 14.4 Å². The average molecular weight is 334 g/mol. The number of carbonyl (C=O) groups is 3. The van der Waals surface area contributed by atoms with E-state index in [0.717, 1.165) is 5.39 Å². The van der Waals surface area contributed by atoms with Gasteiger partial charge < -0.3 is 19.2 Å². The van der Waals surface area contributed by atoms with Crippen LogP contribution in [-0.2, 0) is 20.7 Å². The van der Waals surface area contributed by atoms with Crippen molar-refractivity contribution in [1.29, 1.82) is 0 Å². The maximum atomic E-state index is 11.8. The maximum absolute atomic E-state index is 11.8. The van der Waals surface area contributed by atoms with Crippen LogP contribution in [0.4, 0.5) is 4.79 Å². The van der Waals surface area contributed by atoms with Gasteiger partial charge in [0.25, 0.3) is 5.91 Å². The molecule has 0 bridgehead atoms. The third kappa shape index (κ3) is 4.48. The van der Waals surface area contributed by atoms with Crippen molar-refractivity contribution < 1.29 is 28.3 Å². The molecule has 2 N–H and O–H groups in total. The predicted octanol–water partition coefficient (Wildman–Crippen LogP) is 1.37. The van der Waals surface area contributed by atoms with E-state index in [-0.39, 0.29) is 6.42 Å². The van der Waals surface area contributed by atoms with Gasteiger partial charge in [-0.3, -0.25) is 14.9 Å². The smallest absolute Gasteiger partial charge is 0.321 e. The monoisotopic (exact) mass is 334 g/mol. The fourth-order valence-corrected chi connectivity index (χ4v) is 2.05. The Kier molecular flexibility index (Phi) is 5.78. The molecule has 128 valence electrons. The summed E-state index contributed by atoms with van der Waals surface area (Å²) in [7, 11) is 1.55. The lowest BCUT2D eigenvalue weighted by Gasteiger charge is -2.06. The topological polar surface area (TPSA) is 107 Å². The third-order valence-corrected chi connectivity index (χ3v) is 3.15. The standard InChI is InChI=1S/C16H18N2O6/c1-3-17-16(21)18-14(19)9-24-15(20)6-10-8-23-13-7-11(22-2)4-5-12(10)13/h4-5,7-8H,3,6,9H2,1-2H3,(H2,17,18,19,21). The number of rotatable bonds is 6. The molecule has 0 saturated heterocycles. The van der Waals surface area contributed by atoms with Gasteiger partial charge in [0.2, 0.25) is 0 Å². The zero-order chi connectivity index (χ0) is 17.5. The average Bonchev–Trinajstić information content (AvgIpc) is 2.95. The number of hydrogen-bond donors (Lipinski definition) is 2. The van der Waals surface area contributed by atoms with Gasteiger partial charge in [-0.1, -0.05) is 0 Å². The van der Waals surface area contributed by atoms with Crippen molar-refractivity contribution in [1.82, 2.24) is 10.6 Å². The molecular weight excluding hydrogens is 316 g/mol. The number of esters is 1. The molecule has 0 aliphatic rings. The molecule has 0 spiro atoms. The van der Waals surface area contributed by atoms with E-state index < -0.39 is 24.5 Å². The third-order valence-electron chi connectivity index (χ3n) is 3.15. The van der Waals surface area contributed by atoms with Crippen molar-refractivity contribution >= 4 is 28.9 Å². The van der Waals surface area contributed by atoms with Crippen molar-refractivity contribution in [3.8, 4) is 5.75 Å². The molecule has 1 aromatic heterocycles. The lowest BCUT2D eigenvalue weighted by molar-refractivity contribution is -0.147. The van der Waals surface area contributed by atoms with Crippen LogP contribution in [0.3, 0.4) is 0 Å². The lowest BCUT2D eigenvalue weighted by atomic mass is 10.1. The summed E-state index contributed by atoms with van der Waals surface area (Å²) in [6.45, 7) is 1.58. The van der Waals surface area contributed by atoms with Gasteiger partial charge in [-0.25, -0.2) is 4.79 Å². The zero-order valence-electron chi connectivity index (χ0n) is 13.4. The minimum Gasteiger partial charge on any atom is -0.497 e. The van der Waals surface area contributed by atoms with Gasteiger partial charge in [0, 0.05) is 23.6 Å². The molecule has 0 saturated carbocycles. The zero-order valence-corrected chi connectivity index (χ0v) is 13.4. The van der Waals surface area contributed by atoms with Crippen LogP contribution in [0, 0.1) is 0 Å². The highest BCUT2D eigenvalue weighted by atomic mass is 16.5. The van der Waals surface area contributed by atoms with Crippen molar-refractivity contribution in [2.75, 3.05) is 20.3 Å². The van der Waals surface area contributed by atoms with E-state index in [1.165, 1.54) is 6.26 Å². The highest BCUT2D eigenvalue weighted by Crippen LogP contribution is 2.25. The summed E-state index contributed by atoms with van der Waals surface area (Å²) in [4.78, 5) is 34.4. The minimum atomic E-state index is -0.698. The van der Waals surface area contributed by atoms with Crippen LogP contribution < -0.4 is 15.4 Å². The van der Waals surface area contributed by atoms with Crippen molar-refractivity contribution in [2.45, 2.75) is 13.3 Å². The number of hydrogen-bond acceptors (Lipinski definition) is 6. The molecule has 8 heteroatoms. The van der Waals surface area contributed by atoms with Gasteiger partial charge in [0.15, 0.2) is 6.61 Å². The molecule has 24 heavy (non-hydrogen) atoms. The number of furan rings is 1. The molecule has 8 nitrogen and oxygen atoms in total. The first-order valence-corrected chi connectivity index (χ1v) is 7.31. The minimum absolute atomic E-state index is 0.0479. The number of nitrogens with one attached hydrogen (secondary N) is 2. The van der Waals surface area contributed by atoms with Crippen LogP contribution >= 0.6 is 0 Å². The second-order valence-electron chi connectivity index (χ2n) is 4.87. The lowest BCUT2D eigenvalue weighted by Crippen LogP contribution is -2.41. The van der Waals surface area contributed by atoms with E-state index in [1.54, 1.807) is 32.2 Å². The van der Waals surface area contributed by atoms with Gasteiger partial charge in [-0.05, 0) is 19.1 Å². The Morgan fingerprint density at radius 1 is 1.25 bits per heavy atom. The molecular formula is C16H18N2O6. The first-order valence-electron chi connectivity index (χ1n) is 7.31. The van der Waals surface area contributed by atoms with Crippen LogP contribution in [0.15, 0.2) is 28.9 Å². The highest BCUT2D eigenvalue weighted by molar-refractivity contribution is 5.95. The predicted molar refractivity (Wildman–Crippen MR) is 84.6 cm³/mol. The molecule has 2 rings (SSSR count). The Morgan fingerprint density at radius 2 is 2.04 bits per heavy atom. The molecule has 3 amide bonds. The fourth-order valence-electron chi connectivity index (χ4n) is 2.05. The van der Waals surface area contributed by atoms with Gasteiger partial charge in [0.1, 0.15) is 11.3 Å². The van der Waals surface area contributed by atoms with Gasteiger partial charge in [0.05, 0.1) is 19.8 Å². The van der Waals surface area contributed by atoms with Gasteiger partial charge in [-0.15, -0.1) is 0 Å². The Hall–Kier alpha value is -3.03. The van der Waals surface area contributed by atoms with E-state index in [0.29, 0.717) is 23.4 Å². The van der Waals surface area contributed by atoms with Crippen molar-refractivity contribution in [2.24, 2.45) is 0 Å². The molecule has 0 unspecified atom stereocenters. The Bertz CT molecular complexity index is 752. The molecule has 0 aliphatic carbocycles. The van der Waals surface area contributed by atoms with Crippen molar-refractivity contribution in [3.63, 3.8) is 0 Å². The van der Waals surface area contributed by atoms with Crippen LogP contribution in [0.25, 0.3) is 11.0 Å². The normalized spacial score (nSPS) is 10.2. The molecule has 0 atom stereocenters. The van der Waals surface area contributed by atoms with Crippen molar-refractivity contribution in [3.05, 3.63) is 30.0 Å². The Labute approximate surface area is 138 Å². The van der Waals surface area contributed by atoms with E-state index in [2.05, 4.69) is 5.32 Å². The number of benzene rings is 1. The summed E-state index contributed by atoms with van der Waals surface area (Å²) in [6, 6.07) is 4.62. The molecule has 0 aliphatic heterocycles. The summed E-state index contributed by atoms with van der Waals surface area (Å²) in [6.07, 6.45) is 1.41. The molecule has 2 aromatic rings. The summed E-state index contributed by atoms with van der Waals surface area (Å²) in [5.41, 5.74) is 1.23. The highest BCUT2D eigenvalue weighted by Gasteiger charge is 2.14. The van der Waals surface area contributed by atoms with Crippen LogP contribution in [-0.4, -0.2) is 38.2 Å². The molecule has 0 fully saturated rings. The number of methoxy groups -OCH3 is 1. The molecule has 1 aromatic carbocycles. The first-order chi connectivity index (χ1) is 11.5. The second-order valence-corrected chi connectivity index (χ2v) is 4.87. The van der Waals surface area contributed by atoms with Gasteiger partial charge in [-0.2, -0.15) is 0 Å². The number of fused-ring (bicyclic) bond motifs is 1. The second kappa shape index (κ2) is 8.00. The molecule has 1 heterocycles. The van der Waals surface area contributed by atoms with E-state index >= 15 is 0 Å². The van der Waals surface area contributed by atoms with E-state index in [1.807, 2.05) is 5.32 Å². The summed E-state index contributed by atoms with van der Waals surface area (Å²) in [5, 5.41) is 5.20. The quantitative estimate of drug-likeness (QED) is 0.773. The largest absolute Gasteiger partial charge is 0.497 e. The number of carbonyl (C=O) groups excluding carboxylic acids is 3. The van der Waals surface area contributed by atoms with Gasteiger partial charge >= 0.3 is 12.0 Å². The fraction of sp³-hybridized carbons (Fsp3) is 0.312. The Morgan fingerprint density at radius 3 is 2.75 bits per heavy atom. The van der Waals surface area contributed by atoms with Crippen LogP contribution in [0.1, 0.15) is 12.5 Å². The SMILES string of the molecule is CCNC(=O)NC(=O)COC(=O)Cc1coc2cc(OC)ccc12. The summed E-state index contributed by atoms with van der Waals surface area (Å²) < 4.78 is 15.3. The number of imide groups is 1. The van der Waals surface area contributed by atoms with Crippen LogP contribution in [0.2, 0.25) is 0 Å². The maximum Gasteiger partial charge on any atom is 0.321 e. The van der Waals surface area contributed by atoms with Crippen LogP contribution in [0.5, 0.6) is 5.75 Å². The number of amides is 3. The summed E-state index contributed by atoms with van der Waals surface area (Å²) >= 11 is 0. The Balaban J connectivity index is 1.88. The van der Waals surface area contributed by atoms with E-state index in [4.69, 9.17) is 13.9 Å². The number of urea groups is 1. The molecule has 0 radical (unpaired) electrons. The number of ether oxygens (including phenoxy) is 2.